The number of hydrogen-bond donors (Lipinski definition) is 2. The standard InChI is InChI=1S/C18H25N5O2/c1-13-18(14(2)21-20-13)23-9-7-22(8-10-23)12-17(24)19-15-5-4-6-16(11-15)25-3/h4-6,11H,7-10,12H2,1-3H3,(H,19,24)(H,20,21). The van der Waals surface area contributed by atoms with E-state index in [0.29, 0.717) is 6.54 Å². The Balaban J connectivity index is 1.51. The molecule has 0 spiro atoms. The van der Waals surface area contributed by atoms with Crippen molar-refractivity contribution in [2.45, 2.75) is 13.8 Å². The Bertz CT molecular complexity index is 715. The van der Waals surface area contributed by atoms with Crippen molar-refractivity contribution in [2.75, 3.05) is 50.1 Å². The predicted molar refractivity (Wildman–Crippen MR) is 98.3 cm³/mol. The number of aryl methyl sites for hydroxylation is 2. The summed E-state index contributed by atoms with van der Waals surface area (Å²) in [6.45, 7) is 7.97. The van der Waals surface area contributed by atoms with Crippen LogP contribution in [0.2, 0.25) is 0 Å². The number of amides is 1. The van der Waals surface area contributed by atoms with Gasteiger partial charge in [-0.05, 0) is 26.0 Å². The number of aromatic amines is 1. The highest BCUT2D eigenvalue weighted by molar-refractivity contribution is 5.92. The molecule has 2 aromatic rings. The van der Waals surface area contributed by atoms with Crippen LogP contribution in [0, 0.1) is 13.8 Å². The van der Waals surface area contributed by atoms with Crippen LogP contribution in [-0.4, -0.2) is 60.8 Å². The van der Waals surface area contributed by atoms with Gasteiger partial charge in [0.2, 0.25) is 5.91 Å². The zero-order valence-electron chi connectivity index (χ0n) is 15.0. The van der Waals surface area contributed by atoms with Crippen molar-refractivity contribution in [3.63, 3.8) is 0 Å². The van der Waals surface area contributed by atoms with E-state index in [-0.39, 0.29) is 5.91 Å². The number of ether oxygens (including phenoxy) is 1. The van der Waals surface area contributed by atoms with Gasteiger partial charge in [0.25, 0.3) is 0 Å². The van der Waals surface area contributed by atoms with Gasteiger partial charge in [-0.1, -0.05) is 6.07 Å². The minimum absolute atomic E-state index is 0.00243. The molecule has 7 heteroatoms. The number of rotatable bonds is 5. The maximum Gasteiger partial charge on any atom is 0.238 e. The molecular formula is C18H25N5O2. The van der Waals surface area contributed by atoms with Crippen LogP contribution in [-0.2, 0) is 4.79 Å². The van der Waals surface area contributed by atoms with Crippen LogP contribution in [0.5, 0.6) is 5.75 Å². The summed E-state index contributed by atoms with van der Waals surface area (Å²) in [5.41, 5.74) is 4.08. The minimum atomic E-state index is -0.00243. The van der Waals surface area contributed by atoms with Gasteiger partial charge in [0.15, 0.2) is 0 Å². The zero-order chi connectivity index (χ0) is 17.8. The van der Waals surface area contributed by atoms with Gasteiger partial charge in [0.1, 0.15) is 5.75 Å². The van der Waals surface area contributed by atoms with Gasteiger partial charge in [-0.15, -0.1) is 0 Å². The maximum atomic E-state index is 12.3. The summed E-state index contributed by atoms with van der Waals surface area (Å²) in [4.78, 5) is 16.8. The number of anilines is 2. The molecule has 1 fully saturated rings. The quantitative estimate of drug-likeness (QED) is 0.866. The SMILES string of the molecule is COc1cccc(NC(=O)CN2CCN(c3c(C)n[nH]c3C)CC2)c1. The highest BCUT2D eigenvalue weighted by Crippen LogP contribution is 2.23. The number of hydrogen-bond acceptors (Lipinski definition) is 5. The predicted octanol–water partition coefficient (Wildman–Crippen LogP) is 1.80. The number of nitrogens with one attached hydrogen (secondary N) is 2. The molecule has 134 valence electrons. The van der Waals surface area contributed by atoms with Crippen LogP contribution in [0.4, 0.5) is 11.4 Å². The van der Waals surface area contributed by atoms with Gasteiger partial charge in [0.05, 0.1) is 30.7 Å². The van der Waals surface area contributed by atoms with Crippen LogP contribution in [0.25, 0.3) is 0 Å². The third kappa shape index (κ3) is 4.11. The Kier molecular flexibility index (Phi) is 5.23. The van der Waals surface area contributed by atoms with Crippen LogP contribution < -0.4 is 15.0 Å². The maximum absolute atomic E-state index is 12.3. The highest BCUT2D eigenvalue weighted by atomic mass is 16.5. The van der Waals surface area contributed by atoms with E-state index < -0.39 is 0 Å². The number of H-pyrrole nitrogens is 1. The number of aromatic nitrogens is 2. The van der Waals surface area contributed by atoms with Gasteiger partial charge >= 0.3 is 0 Å². The molecule has 0 saturated carbocycles. The second-order valence-corrected chi connectivity index (χ2v) is 6.33. The molecule has 1 aromatic carbocycles. The molecule has 1 aliphatic heterocycles. The third-order valence-electron chi connectivity index (χ3n) is 4.50. The normalized spacial score (nSPS) is 15.2. The molecule has 1 amide bonds. The second kappa shape index (κ2) is 7.57. The van der Waals surface area contributed by atoms with Crippen molar-refractivity contribution >= 4 is 17.3 Å². The molecule has 0 atom stereocenters. The fourth-order valence-corrected chi connectivity index (χ4v) is 3.24. The smallest absolute Gasteiger partial charge is 0.238 e. The average Bonchev–Trinajstić information content (AvgIpc) is 2.94. The fraction of sp³-hybridized carbons (Fsp3) is 0.444. The average molecular weight is 343 g/mol. The highest BCUT2D eigenvalue weighted by Gasteiger charge is 2.22. The molecule has 0 aliphatic carbocycles. The fourth-order valence-electron chi connectivity index (χ4n) is 3.24. The van der Waals surface area contributed by atoms with Crippen molar-refractivity contribution in [1.29, 1.82) is 0 Å². The summed E-state index contributed by atoms with van der Waals surface area (Å²) in [6, 6.07) is 7.40. The molecular weight excluding hydrogens is 318 g/mol. The molecule has 2 heterocycles. The molecule has 7 nitrogen and oxygen atoms in total. The molecule has 25 heavy (non-hydrogen) atoms. The van der Waals surface area contributed by atoms with E-state index >= 15 is 0 Å². The minimum Gasteiger partial charge on any atom is -0.497 e. The summed E-state index contributed by atoms with van der Waals surface area (Å²) in [6.07, 6.45) is 0. The van der Waals surface area contributed by atoms with E-state index in [1.807, 2.05) is 38.1 Å². The van der Waals surface area contributed by atoms with E-state index in [1.165, 1.54) is 5.69 Å². The van der Waals surface area contributed by atoms with E-state index in [0.717, 1.165) is 49.0 Å². The van der Waals surface area contributed by atoms with Crippen molar-refractivity contribution in [1.82, 2.24) is 15.1 Å². The molecule has 0 radical (unpaired) electrons. The molecule has 1 saturated heterocycles. The molecule has 3 rings (SSSR count). The number of carbonyl (C=O) groups excluding carboxylic acids is 1. The van der Waals surface area contributed by atoms with E-state index in [4.69, 9.17) is 4.74 Å². The number of benzene rings is 1. The van der Waals surface area contributed by atoms with Crippen LogP contribution in [0.3, 0.4) is 0 Å². The van der Waals surface area contributed by atoms with E-state index in [1.54, 1.807) is 7.11 Å². The number of nitrogens with zero attached hydrogens (tertiary/aromatic N) is 3. The van der Waals surface area contributed by atoms with Gasteiger partial charge in [-0.3, -0.25) is 14.8 Å². The summed E-state index contributed by atoms with van der Waals surface area (Å²) < 4.78 is 5.18. The Morgan fingerprint density at radius 3 is 2.68 bits per heavy atom. The molecule has 0 unspecified atom stereocenters. The number of carbonyl (C=O) groups is 1. The van der Waals surface area contributed by atoms with E-state index in [9.17, 15) is 4.79 Å². The lowest BCUT2D eigenvalue weighted by Gasteiger charge is -2.35. The largest absolute Gasteiger partial charge is 0.497 e. The Morgan fingerprint density at radius 2 is 2.04 bits per heavy atom. The molecule has 2 N–H and O–H groups in total. The first-order valence-electron chi connectivity index (χ1n) is 8.49. The van der Waals surface area contributed by atoms with Crippen molar-refractivity contribution < 1.29 is 9.53 Å². The first-order valence-corrected chi connectivity index (χ1v) is 8.49. The lowest BCUT2D eigenvalue weighted by molar-refractivity contribution is -0.117. The van der Waals surface area contributed by atoms with Crippen molar-refractivity contribution in [2.24, 2.45) is 0 Å². The zero-order valence-corrected chi connectivity index (χ0v) is 15.0. The summed E-state index contributed by atoms with van der Waals surface area (Å²) in [5, 5.41) is 10.2. The lowest BCUT2D eigenvalue weighted by Crippen LogP contribution is -2.49. The Labute approximate surface area is 148 Å². The summed E-state index contributed by atoms with van der Waals surface area (Å²) in [5.74, 6) is 0.731. The Hall–Kier alpha value is -2.54. The topological polar surface area (TPSA) is 73.5 Å². The van der Waals surface area contributed by atoms with Gasteiger partial charge in [-0.25, -0.2) is 0 Å². The molecule has 1 aromatic heterocycles. The van der Waals surface area contributed by atoms with Crippen LogP contribution >= 0.6 is 0 Å². The molecule has 0 bridgehead atoms. The van der Waals surface area contributed by atoms with Gasteiger partial charge in [-0.2, -0.15) is 5.10 Å². The van der Waals surface area contributed by atoms with Crippen LogP contribution in [0.15, 0.2) is 24.3 Å². The first-order chi connectivity index (χ1) is 12.1. The van der Waals surface area contributed by atoms with Crippen molar-refractivity contribution in [3.05, 3.63) is 35.7 Å². The van der Waals surface area contributed by atoms with Gasteiger partial charge < -0.3 is 15.0 Å². The van der Waals surface area contributed by atoms with E-state index in [2.05, 4.69) is 25.3 Å². The summed E-state index contributed by atoms with van der Waals surface area (Å²) in [7, 11) is 1.61. The number of methoxy groups -OCH3 is 1. The first kappa shape index (κ1) is 17.3. The lowest BCUT2D eigenvalue weighted by atomic mass is 10.2. The molecule has 1 aliphatic rings. The Morgan fingerprint density at radius 1 is 1.28 bits per heavy atom. The number of piperazine rings is 1. The monoisotopic (exact) mass is 343 g/mol. The van der Waals surface area contributed by atoms with Crippen molar-refractivity contribution in [3.8, 4) is 5.75 Å². The van der Waals surface area contributed by atoms with Crippen LogP contribution in [0.1, 0.15) is 11.4 Å². The third-order valence-corrected chi connectivity index (χ3v) is 4.50. The summed E-state index contributed by atoms with van der Waals surface area (Å²) >= 11 is 0. The van der Waals surface area contributed by atoms with Gasteiger partial charge in [0, 0.05) is 37.9 Å². The second-order valence-electron chi connectivity index (χ2n) is 6.33.